The van der Waals surface area contributed by atoms with Gasteiger partial charge in [0.1, 0.15) is 0 Å². The zero-order valence-corrected chi connectivity index (χ0v) is 46.6. The maximum Gasteiger partial charge on any atom is 0.252 e. The number of anilines is 8. The number of hydrogen-bond donors (Lipinski definition) is 0. The maximum absolute atomic E-state index is 2.84. The molecule has 2 atom stereocenters. The second-order valence-electron chi connectivity index (χ2n) is 25.7. The molecule has 3 nitrogen and oxygen atoms in total. The van der Waals surface area contributed by atoms with Crippen LogP contribution in [0.25, 0.3) is 40.3 Å². The minimum Gasteiger partial charge on any atom is -0.334 e. The van der Waals surface area contributed by atoms with E-state index in [4.69, 9.17) is 0 Å². The van der Waals surface area contributed by atoms with E-state index in [1.165, 1.54) is 144 Å². The third-order valence-corrected chi connectivity index (χ3v) is 20.6. The van der Waals surface area contributed by atoms with Crippen molar-refractivity contribution in [2.45, 2.75) is 129 Å². The van der Waals surface area contributed by atoms with Crippen LogP contribution in [-0.4, -0.2) is 12.3 Å². The molecule has 2 unspecified atom stereocenters. The van der Waals surface area contributed by atoms with E-state index >= 15 is 0 Å². The Morgan fingerprint density at radius 3 is 1.64 bits per heavy atom. The van der Waals surface area contributed by atoms with Gasteiger partial charge in [0, 0.05) is 80.9 Å². The third kappa shape index (κ3) is 6.49. The Balaban J connectivity index is 1.13. The van der Waals surface area contributed by atoms with Crippen molar-refractivity contribution in [3.63, 3.8) is 0 Å². The molecule has 5 heterocycles. The summed E-state index contributed by atoms with van der Waals surface area (Å²) >= 11 is 3.84. The average molecular weight is 1000 g/mol. The van der Waals surface area contributed by atoms with Crippen LogP contribution in [0.2, 0.25) is 0 Å². The van der Waals surface area contributed by atoms with Gasteiger partial charge in [0.2, 0.25) is 0 Å². The third-order valence-electron chi connectivity index (χ3n) is 18.3. The molecule has 4 aliphatic rings. The first-order valence-electron chi connectivity index (χ1n) is 27.2. The molecule has 6 heteroatoms. The SMILES string of the molecule is CC(C)(C)c1ccc2c(c1)B1c3cc(C(C)(C)C)ccc3N(c3cccc4c3sc3ccccc34)c3cc(N4c5ccc(C(C)(C)C)cc5C5(C)CCCCC45C)cc(c31)N2c1ccc2c(c1)sc1ccccc12. The van der Waals surface area contributed by atoms with Crippen molar-refractivity contribution < 1.29 is 0 Å². The molecular weight excluding hydrogens is 934 g/mol. The van der Waals surface area contributed by atoms with E-state index in [2.05, 4.69) is 243 Å². The van der Waals surface area contributed by atoms with Crippen LogP contribution in [0.1, 0.15) is 124 Å². The van der Waals surface area contributed by atoms with E-state index < -0.39 is 0 Å². The van der Waals surface area contributed by atoms with Crippen LogP contribution in [0.5, 0.6) is 0 Å². The molecule has 3 aliphatic heterocycles. The van der Waals surface area contributed by atoms with Gasteiger partial charge in [-0.1, -0.05) is 173 Å². The molecule has 0 amide bonds. The lowest BCUT2D eigenvalue weighted by molar-refractivity contribution is 0.195. The summed E-state index contributed by atoms with van der Waals surface area (Å²) in [6, 6.07) is 60.0. The molecule has 8 aromatic carbocycles. The summed E-state index contributed by atoms with van der Waals surface area (Å²) < 4.78 is 5.29. The molecule has 1 saturated carbocycles. The summed E-state index contributed by atoms with van der Waals surface area (Å²) in [6.45, 7) is 26.5. The highest BCUT2D eigenvalue weighted by Gasteiger charge is 2.58. The molecule has 0 N–H and O–H groups in total. The minimum atomic E-state index is -0.149. The molecule has 74 heavy (non-hydrogen) atoms. The maximum atomic E-state index is 2.84. The number of hydrogen-bond acceptors (Lipinski definition) is 5. The summed E-state index contributed by atoms with van der Waals surface area (Å²) in [5, 5.41) is 5.29. The Morgan fingerprint density at radius 1 is 0.432 bits per heavy atom. The molecule has 368 valence electrons. The van der Waals surface area contributed by atoms with E-state index in [0.29, 0.717) is 0 Å². The summed E-state index contributed by atoms with van der Waals surface area (Å²) in [7, 11) is 0. The van der Waals surface area contributed by atoms with Crippen molar-refractivity contribution in [2.24, 2.45) is 0 Å². The number of nitrogens with zero attached hydrogens (tertiary/aromatic N) is 3. The fourth-order valence-corrected chi connectivity index (χ4v) is 16.3. The Morgan fingerprint density at radius 2 is 0.973 bits per heavy atom. The zero-order valence-electron chi connectivity index (χ0n) is 45.0. The molecule has 0 spiro atoms. The Labute approximate surface area is 446 Å². The van der Waals surface area contributed by atoms with Crippen LogP contribution in [0.3, 0.4) is 0 Å². The first-order valence-corrected chi connectivity index (χ1v) is 28.8. The zero-order chi connectivity index (χ0) is 51.0. The lowest BCUT2D eigenvalue weighted by Gasteiger charge is -2.51. The molecule has 0 radical (unpaired) electrons. The van der Waals surface area contributed by atoms with E-state index in [1.54, 1.807) is 0 Å². The van der Waals surface area contributed by atoms with Crippen LogP contribution < -0.4 is 31.1 Å². The van der Waals surface area contributed by atoms with Crippen molar-refractivity contribution in [2.75, 3.05) is 14.7 Å². The van der Waals surface area contributed by atoms with Crippen molar-refractivity contribution in [3.8, 4) is 0 Å². The van der Waals surface area contributed by atoms with Gasteiger partial charge >= 0.3 is 0 Å². The Hall–Kier alpha value is -6.34. The van der Waals surface area contributed by atoms with Crippen LogP contribution in [0.4, 0.5) is 45.5 Å². The molecular formula is C68H66BN3S2. The number of fused-ring (bicyclic) bond motifs is 13. The highest BCUT2D eigenvalue weighted by molar-refractivity contribution is 7.26. The predicted octanol–water partition coefficient (Wildman–Crippen LogP) is 18.1. The van der Waals surface area contributed by atoms with Gasteiger partial charge in [0.25, 0.3) is 6.71 Å². The van der Waals surface area contributed by atoms with Crippen molar-refractivity contribution in [3.05, 3.63) is 174 Å². The number of rotatable bonds is 3. The van der Waals surface area contributed by atoms with Crippen molar-refractivity contribution in [1.82, 2.24) is 0 Å². The van der Waals surface area contributed by atoms with Gasteiger partial charge < -0.3 is 14.7 Å². The Bertz CT molecular complexity index is 4010. The van der Waals surface area contributed by atoms with Crippen LogP contribution in [0.15, 0.2) is 152 Å². The van der Waals surface area contributed by atoms with E-state index in [9.17, 15) is 0 Å². The number of benzene rings is 8. The van der Waals surface area contributed by atoms with Gasteiger partial charge in [-0.15, -0.1) is 22.7 Å². The summed E-state index contributed by atoms with van der Waals surface area (Å²) in [6.07, 6.45) is 4.77. The van der Waals surface area contributed by atoms with Gasteiger partial charge in [0.05, 0.1) is 15.9 Å². The number of thiophene rings is 2. The highest BCUT2D eigenvalue weighted by atomic mass is 32.1. The lowest BCUT2D eigenvalue weighted by atomic mass is 9.33. The van der Waals surface area contributed by atoms with E-state index in [0.717, 1.165) is 6.42 Å². The predicted molar refractivity (Wildman–Crippen MR) is 325 cm³/mol. The summed E-state index contributed by atoms with van der Waals surface area (Å²) in [5.74, 6) is 0. The standard InChI is InChI=1S/C68H66BN3S2/c1-64(2,3)41-25-30-53-50(35-41)67(10)33-16-17-34-68(67,11)72(53)45-38-57-62-58(39-45)71(56-22-18-21-49-47-20-13-15-24-60(47)74-63(49)56)55-32-27-43(66(7,8)9)37-52(55)69(62)51-36-42(65(4,5)6)26-31-54(51)70(57)44-28-29-48-46-19-12-14-23-59(46)73-61(48)40-44/h12-15,18-32,35-40H,16-17,33-34H2,1-11H3. The fraction of sp³-hybridized carbons (Fsp3) is 0.294. The largest absolute Gasteiger partial charge is 0.334 e. The smallest absolute Gasteiger partial charge is 0.252 e. The van der Waals surface area contributed by atoms with E-state index in [-0.39, 0.29) is 33.9 Å². The van der Waals surface area contributed by atoms with Crippen LogP contribution in [-0.2, 0) is 21.7 Å². The first-order chi connectivity index (χ1) is 35.3. The molecule has 0 bridgehead atoms. The monoisotopic (exact) mass is 999 g/mol. The topological polar surface area (TPSA) is 9.72 Å². The lowest BCUT2D eigenvalue weighted by Crippen LogP contribution is -2.62. The Kier molecular flexibility index (Phi) is 9.75. The fourth-order valence-electron chi connectivity index (χ4n) is 14.0. The van der Waals surface area contributed by atoms with Crippen molar-refractivity contribution >= 4 is 132 Å². The first kappa shape index (κ1) is 46.2. The normalized spacial score (nSPS) is 19.3. The minimum absolute atomic E-state index is 0.0124. The molecule has 0 saturated heterocycles. The summed E-state index contributed by atoms with van der Waals surface area (Å²) in [5.41, 5.74) is 19.6. The molecule has 2 aromatic heterocycles. The van der Waals surface area contributed by atoms with Crippen LogP contribution >= 0.6 is 22.7 Å². The van der Waals surface area contributed by atoms with Gasteiger partial charge in [-0.2, -0.15) is 0 Å². The van der Waals surface area contributed by atoms with Gasteiger partial charge in [-0.05, 0) is 135 Å². The van der Waals surface area contributed by atoms with Crippen molar-refractivity contribution in [1.29, 1.82) is 0 Å². The second kappa shape index (κ2) is 15.6. The van der Waals surface area contributed by atoms with Gasteiger partial charge in [0.15, 0.2) is 0 Å². The van der Waals surface area contributed by atoms with Gasteiger partial charge in [-0.3, -0.25) is 0 Å². The quantitative estimate of drug-likeness (QED) is 0.163. The highest BCUT2D eigenvalue weighted by Crippen LogP contribution is 2.62. The molecule has 14 rings (SSSR count). The van der Waals surface area contributed by atoms with Gasteiger partial charge in [-0.25, -0.2) is 0 Å². The van der Waals surface area contributed by atoms with E-state index in [1.807, 2.05) is 22.7 Å². The molecule has 1 fully saturated rings. The molecule has 1 aliphatic carbocycles. The second-order valence-corrected chi connectivity index (χ2v) is 27.8. The summed E-state index contributed by atoms with van der Waals surface area (Å²) in [4.78, 5) is 8.21. The average Bonchev–Trinajstić information content (AvgIpc) is 4.00. The van der Waals surface area contributed by atoms with Crippen LogP contribution in [0, 0.1) is 0 Å². The molecule has 10 aromatic rings.